The van der Waals surface area contributed by atoms with Crippen molar-refractivity contribution in [2.75, 3.05) is 0 Å². The highest BCUT2D eigenvalue weighted by molar-refractivity contribution is 5.71. The van der Waals surface area contributed by atoms with E-state index in [0.717, 1.165) is 4.57 Å². The molecule has 0 radical (unpaired) electrons. The zero-order chi connectivity index (χ0) is 17.3. The number of imidazole rings is 1. The van der Waals surface area contributed by atoms with Crippen molar-refractivity contribution >= 4 is 17.1 Å². The van der Waals surface area contributed by atoms with Crippen molar-refractivity contribution in [3.05, 3.63) is 27.2 Å². The number of esters is 1. The predicted molar refractivity (Wildman–Crippen MR) is 85.2 cm³/mol. The summed E-state index contributed by atoms with van der Waals surface area (Å²) in [5, 5.41) is 0. The number of aromatic nitrogens is 4. The van der Waals surface area contributed by atoms with Crippen LogP contribution in [0.2, 0.25) is 0 Å². The van der Waals surface area contributed by atoms with Gasteiger partial charge in [0.1, 0.15) is 6.33 Å². The first-order chi connectivity index (χ1) is 10.8. The van der Waals surface area contributed by atoms with Gasteiger partial charge in [0.2, 0.25) is 0 Å². The summed E-state index contributed by atoms with van der Waals surface area (Å²) >= 11 is 0. The summed E-state index contributed by atoms with van der Waals surface area (Å²) in [5.74, 6) is -0.152. The lowest BCUT2D eigenvalue weighted by Crippen LogP contribution is -2.39. The average molecular weight is 322 g/mol. The molecule has 0 spiro atoms. The maximum atomic E-state index is 12.5. The van der Waals surface area contributed by atoms with E-state index in [9.17, 15) is 14.4 Å². The summed E-state index contributed by atoms with van der Waals surface area (Å²) in [6.07, 6.45) is 0.994. The number of hydrogen-bond acceptors (Lipinski definition) is 5. The van der Waals surface area contributed by atoms with Crippen molar-refractivity contribution in [3.8, 4) is 0 Å². The molecule has 0 saturated heterocycles. The van der Waals surface area contributed by atoms with Crippen LogP contribution in [0, 0.1) is 5.92 Å². The molecule has 0 fully saturated rings. The molecule has 8 heteroatoms. The fourth-order valence-corrected chi connectivity index (χ4v) is 2.41. The van der Waals surface area contributed by atoms with Crippen molar-refractivity contribution in [2.24, 2.45) is 13.0 Å². The van der Waals surface area contributed by atoms with Crippen LogP contribution < -0.4 is 11.2 Å². The molecule has 0 aliphatic carbocycles. The normalized spacial score (nSPS) is 12.8. The molecule has 0 amide bonds. The van der Waals surface area contributed by atoms with Crippen molar-refractivity contribution in [1.82, 2.24) is 18.7 Å². The van der Waals surface area contributed by atoms with Crippen molar-refractivity contribution in [2.45, 2.75) is 46.9 Å². The standard InChI is InChI=1S/C15H22N4O4/c1-6-11(20)23-10(4)19-8-16-13-12(19)14(21)17(5)15(22)18(13)7-9(2)3/h8-10H,6-7H2,1-5H3. The Labute approximate surface area is 133 Å². The van der Waals surface area contributed by atoms with Gasteiger partial charge in [-0.15, -0.1) is 0 Å². The third kappa shape index (κ3) is 3.06. The van der Waals surface area contributed by atoms with Gasteiger partial charge in [0.05, 0.1) is 0 Å². The highest BCUT2D eigenvalue weighted by atomic mass is 16.6. The van der Waals surface area contributed by atoms with E-state index in [-0.39, 0.29) is 23.8 Å². The van der Waals surface area contributed by atoms with Crippen LogP contribution in [0.15, 0.2) is 15.9 Å². The molecule has 0 saturated carbocycles. The van der Waals surface area contributed by atoms with Crippen LogP contribution in [0.25, 0.3) is 11.2 Å². The molecule has 0 aliphatic heterocycles. The van der Waals surface area contributed by atoms with Crippen LogP contribution in [-0.4, -0.2) is 24.7 Å². The fourth-order valence-electron chi connectivity index (χ4n) is 2.41. The molecule has 0 aliphatic rings. The summed E-state index contributed by atoms with van der Waals surface area (Å²) in [4.78, 5) is 40.5. The number of hydrogen-bond donors (Lipinski definition) is 0. The molecular formula is C15H22N4O4. The van der Waals surface area contributed by atoms with Gasteiger partial charge in [-0.3, -0.25) is 23.3 Å². The van der Waals surface area contributed by atoms with Crippen LogP contribution in [0.3, 0.4) is 0 Å². The second kappa shape index (κ2) is 6.39. The second-order valence-electron chi connectivity index (χ2n) is 5.92. The molecule has 1 unspecified atom stereocenters. The van der Waals surface area contributed by atoms with E-state index in [1.807, 2.05) is 13.8 Å². The minimum atomic E-state index is -0.676. The monoisotopic (exact) mass is 322 g/mol. The summed E-state index contributed by atoms with van der Waals surface area (Å²) in [6, 6.07) is 0. The molecule has 2 rings (SSSR count). The van der Waals surface area contributed by atoms with Crippen LogP contribution >= 0.6 is 0 Å². The van der Waals surface area contributed by atoms with Gasteiger partial charge in [-0.1, -0.05) is 20.8 Å². The van der Waals surface area contributed by atoms with Gasteiger partial charge in [0, 0.05) is 20.0 Å². The summed E-state index contributed by atoms with van der Waals surface area (Å²) in [7, 11) is 1.43. The Morgan fingerprint density at radius 3 is 2.52 bits per heavy atom. The van der Waals surface area contributed by atoms with Crippen LogP contribution in [0.4, 0.5) is 0 Å². The molecular weight excluding hydrogens is 300 g/mol. The molecule has 8 nitrogen and oxygen atoms in total. The topological polar surface area (TPSA) is 88.1 Å². The average Bonchev–Trinajstić information content (AvgIpc) is 2.93. The van der Waals surface area contributed by atoms with E-state index in [2.05, 4.69) is 4.98 Å². The second-order valence-corrected chi connectivity index (χ2v) is 5.92. The third-order valence-electron chi connectivity index (χ3n) is 3.59. The first kappa shape index (κ1) is 17.0. The van der Waals surface area contributed by atoms with Crippen molar-refractivity contribution in [1.29, 1.82) is 0 Å². The Bertz CT molecular complexity index is 844. The minimum absolute atomic E-state index is 0.217. The largest absolute Gasteiger partial charge is 0.441 e. The van der Waals surface area contributed by atoms with Crippen LogP contribution in [-0.2, 0) is 23.1 Å². The molecule has 0 aromatic carbocycles. The van der Waals surface area contributed by atoms with E-state index in [1.54, 1.807) is 13.8 Å². The lowest BCUT2D eigenvalue weighted by molar-refractivity contribution is -0.151. The van der Waals surface area contributed by atoms with E-state index in [0.29, 0.717) is 12.2 Å². The van der Waals surface area contributed by atoms with Gasteiger partial charge in [0.15, 0.2) is 17.4 Å². The van der Waals surface area contributed by atoms with Crippen LogP contribution in [0.1, 0.15) is 40.3 Å². The molecule has 0 bridgehead atoms. The van der Waals surface area contributed by atoms with E-state index < -0.39 is 17.5 Å². The summed E-state index contributed by atoms with van der Waals surface area (Å²) in [6.45, 7) is 7.76. The van der Waals surface area contributed by atoms with Gasteiger partial charge in [-0.2, -0.15) is 0 Å². The number of carbonyl (C=O) groups is 1. The van der Waals surface area contributed by atoms with E-state index in [4.69, 9.17) is 4.74 Å². The number of carbonyl (C=O) groups excluding carboxylic acids is 1. The molecule has 126 valence electrons. The third-order valence-corrected chi connectivity index (χ3v) is 3.59. The Morgan fingerprint density at radius 2 is 1.96 bits per heavy atom. The molecule has 2 aromatic heterocycles. The zero-order valence-corrected chi connectivity index (χ0v) is 14.1. The maximum absolute atomic E-state index is 12.5. The van der Waals surface area contributed by atoms with Crippen LogP contribution in [0.5, 0.6) is 0 Å². The van der Waals surface area contributed by atoms with E-state index in [1.165, 1.54) is 22.5 Å². The molecule has 0 N–H and O–H groups in total. The Balaban J connectivity index is 2.67. The minimum Gasteiger partial charge on any atom is -0.441 e. The SMILES string of the molecule is CCC(=O)OC(C)n1cnc2c1c(=O)n(C)c(=O)n2CC(C)C. The molecule has 2 heterocycles. The predicted octanol–water partition coefficient (Wildman–Crippen LogP) is 1.02. The van der Waals surface area contributed by atoms with Crippen molar-refractivity contribution < 1.29 is 9.53 Å². The maximum Gasteiger partial charge on any atom is 0.332 e. The lowest BCUT2D eigenvalue weighted by Gasteiger charge is -2.16. The van der Waals surface area contributed by atoms with Gasteiger partial charge in [0.25, 0.3) is 5.56 Å². The smallest absolute Gasteiger partial charge is 0.332 e. The first-order valence-electron chi connectivity index (χ1n) is 7.63. The van der Waals surface area contributed by atoms with Gasteiger partial charge in [-0.05, 0) is 12.8 Å². The van der Waals surface area contributed by atoms with Gasteiger partial charge >= 0.3 is 11.7 Å². The summed E-state index contributed by atoms with van der Waals surface area (Å²) < 4.78 is 9.27. The van der Waals surface area contributed by atoms with E-state index >= 15 is 0 Å². The Hall–Kier alpha value is -2.38. The van der Waals surface area contributed by atoms with Gasteiger partial charge < -0.3 is 4.74 Å². The number of ether oxygens (including phenoxy) is 1. The zero-order valence-electron chi connectivity index (χ0n) is 14.1. The molecule has 2 aromatic rings. The van der Waals surface area contributed by atoms with Gasteiger partial charge in [-0.25, -0.2) is 9.78 Å². The molecule has 23 heavy (non-hydrogen) atoms. The fraction of sp³-hybridized carbons (Fsp3) is 0.600. The highest BCUT2D eigenvalue weighted by Gasteiger charge is 2.20. The Kier molecular flexibility index (Phi) is 4.72. The molecule has 1 atom stereocenters. The lowest BCUT2D eigenvalue weighted by atomic mass is 10.2. The number of fused-ring (bicyclic) bond motifs is 1. The summed E-state index contributed by atoms with van der Waals surface area (Å²) in [5.41, 5.74) is -0.295. The Morgan fingerprint density at radius 1 is 1.30 bits per heavy atom. The quantitative estimate of drug-likeness (QED) is 0.767. The highest BCUT2D eigenvalue weighted by Crippen LogP contribution is 2.16. The first-order valence-corrected chi connectivity index (χ1v) is 7.63. The number of rotatable bonds is 5. The number of nitrogens with zero attached hydrogens (tertiary/aromatic N) is 4. The van der Waals surface area contributed by atoms with Crippen molar-refractivity contribution in [3.63, 3.8) is 0 Å².